The molecule has 0 saturated carbocycles. The van der Waals surface area contributed by atoms with E-state index in [1.54, 1.807) is 7.11 Å². The molecule has 0 bridgehead atoms. The molecule has 3 N–H and O–H groups in total. The Labute approximate surface area is 108 Å². The highest BCUT2D eigenvalue weighted by Gasteiger charge is 2.25. The number of methoxy groups -OCH3 is 1. The minimum Gasteiger partial charge on any atom is -0.385 e. The van der Waals surface area contributed by atoms with Crippen molar-refractivity contribution in [2.75, 3.05) is 33.4 Å². The fraction of sp³-hybridized carbons (Fsp3) is 0.833. The Bertz CT molecular complexity index is 295. The van der Waals surface area contributed by atoms with Crippen molar-refractivity contribution < 1.29 is 14.3 Å². The minimum absolute atomic E-state index is 0.00356. The van der Waals surface area contributed by atoms with Gasteiger partial charge < -0.3 is 15.4 Å². The summed E-state index contributed by atoms with van der Waals surface area (Å²) < 4.78 is 5.04. The van der Waals surface area contributed by atoms with Crippen LogP contribution in [0.5, 0.6) is 0 Å². The molecule has 1 atom stereocenters. The first-order valence-electron chi connectivity index (χ1n) is 6.21. The van der Waals surface area contributed by atoms with Crippen LogP contribution in [0.4, 0.5) is 0 Å². The summed E-state index contributed by atoms with van der Waals surface area (Å²) in [6, 6.07) is -0.332. The average molecular weight is 257 g/mol. The summed E-state index contributed by atoms with van der Waals surface area (Å²) in [4.78, 5) is 22.8. The number of rotatable bonds is 6. The second-order valence-electron chi connectivity index (χ2n) is 5.36. The molecule has 1 rings (SSSR count). The number of carbonyl (C=O) groups is 2. The molecule has 6 nitrogen and oxygen atoms in total. The maximum absolute atomic E-state index is 11.9. The minimum atomic E-state index is -0.332. The standard InChI is InChI=1S/C12H23N3O3/c1-12(2,4-5-18-3)8-15-11(17)9-6-14-10(16)7-13-9/h9,13H,4-8H2,1-3H3,(H,14,16)(H,15,17). The molecule has 0 aromatic carbocycles. The summed E-state index contributed by atoms with van der Waals surface area (Å²) in [5.74, 6) is -0.139. The van der Waals surface area contributed by atoms with Gasteiger partial charge in [-0.1, -0.05) is 13.8 Å². The van der Waals surface area contributed by atoms with Crippen molar-refractivity contribution in [3.05, 3.63) is 0 Å². The van der Waals surface area contributed by atoms with Crippen LogP contribution in [0.2, 0.25) is 0 Å². The van der Waals surface area contributed by atoms with Gasteiger partial charge in [-0.05, 0) is 11.8 Å². The van der Waals surface area contributed by atoms with Gasteiger partial charge in [0.1, 0.15) is 6.04 Å². The van der Waals surface area contributed by atoms with Gasteiger partial charge in [0.25, 0.3) is 0 Å². The highest BCUT2D eigenvalue weighted by molar-refractivity contribution is 5.86. The molecule has 0 aliphatic carbocycles. The largest absolute Gasteiger partial charge is 0.385 e. The number of carbonyl (C=O) groups excluding carboxylic acids is 2. The van der Waals surface area contributed by atoms with Crippen LogP contribution in [0.15, 0.2) is 0 Å². The number of nitrogens with one attached hydrogen (secondary N) is 3. The van der Waals surface area contributed by atoms with Crippen LogP contribution in [0.25, 0.3) is 0 Å². The molecule has 1 unspecified atom stereocenters. The molecule has 6 heteroatoms. The number of hydrogen-bond acceptors (Lipinski definition) is 4. The van der Waals surface area contributed by atoms with E-state index in [2.05, 4.69) is 29.8 Å². The molecular formula is C12H23N3O3. The predicted octanol–water partition coefficient (Wildman–Crippen LogP) is -0.747. The van der Waals surface area contributed by atoms with E-state index >= 15 is 0 Å². The monoisotopic (exact) mass is 257 g/mol. The third-order valence-electron chi connectivity index (χ3n) is 3.05. The first kappa shape index (κ1) is 14.9. The van der Waals surface area contributed by atoms with Gasteiger partial charge in [-0.3, -0.25) is 14.9 Å². The summed E-state index contributed by atoms with van der Waals surface area (Å²) in [7, 11) is 1.67. The van der Waals surface area contributed by atoms with Crippen LogP contribution >= 0.6 is 0 Å². The molecule has 1 aliphatic rings. The van der Waals surface area contributed by atoms with Gasteiger partial charge in [-0.2, -0.15) is 0 Å². The summed E-state index contributed by atoms with van der Waals surface area (Å²) in [6.45, 7) is 6.00. The van der Waals surface area contributed by atoms with Gasteiger partial charge in [0.2, 0.25) is 11.8 Å². The topological polar surface area (TPSA) is 79.5 Å². The van der Waals surface area contributed by atoms with E-state index in [0.29, 0.717) is 19.7 Å². The molecule has 1 fully saturated rings. The van der Waals surface area contributed by atoms with Crippen LogP contribution in [-0.4, -0.2) is 51.2 Å². The molecule has 0 radical (unpaired) electrons. The van der Waals surface area contributed by atoms with Crippen molar-refractivity contribution in [1.82, 2.24) is 16.0 Å². The molecule has 104 valence electrons. The van der Waals surface area contributed by atoms with E-state index in [0.717, 1.165) is 6.42 Å². The van der Waals surface area contributed by atoms with Crippen LogP contribution in [0, 0.1) is 5.41 Å². The maximum Gasteiger partial charge on any atom is 0.238 e. The SMILES string of the molecule is COCCC(C)(C)CNC(=O)C1CNC(=O)CN1. The number of ether oxygens (including phenoxy) is 1. The van der Waals surface area contributed by atoms with E-state index in [4.69, 9.17) is 4.74 Å². The molecule has 0 aromatic rings. The molecule has 0 aromatic heterocycles. The number of piperazine rings is 1. The van der Waals surface area contributed by atoms with Gasteiger partial charge in [-0.25, -0.2) is 0 Å². The van der Waals surface area contributed by atoms with Crippen molar-refractivity contribution in [3.63, 3.8) is 0 Å². The molecule has 18 heavy (non-hydrogen) atoms. The summed E-state index contributed by atoms with van der Waals surface area (Å²) in [5, 5.41) is 8.47. The van der Waals surface area contributed by atoms with E-state index in [-0.39, 0.29) is 29.8 Å². The normalized spacial score (nSPS) is 20.4. The van der Waals surface area contributed by atoms with Gasteiger partial charge in [0, 0.05) is 26.8 Å². The van der Waals surface area contributed by atoms with Crippen LogP contribution in [-0.2, 0) is 14.3 Å². The van der Waals surface area contributed by atoms with E-state index in [1.807, 2.05) is 0 Å². The fourth-order valence-corrected chi connectivity index (χ4v) is 1.67. The zero-order valence-corrected chi connectivity index (χ0v) is 11.3. The van der Waals surface area contributed by atoms with Crippen molar-refractivity contribution >= 4 is 11.8 Å². The number of amides is 2. The Hall–Kier alpha value is -1.14. The number of hydrogen-bond donors (Lipinski definition) is 3. The smallest absolute Gasteiger partial charge is 0.238 e. The first-order chi connectivity index (χ1) is 8.44. The fourth-order valence-electron chi connectivity index (χ4n) is 1.67. The van der Waals surface area contributed by atoms with Gasteiger partial charge in [0.05, 0.1) is 6.54 Å². The van der Waals surface area contributed by atoms with Crippen molar-refractivity contribution in [3.8, 4) is 0 Å². The Morgan fingerprint density at radius 1 is 1.56 bits per heavy atom. The Morgan fingerprint density at radius 2 is 2.28 bits per heavy atom. The van der Waals surface area contributed by atoms with Crippen LogP contribution in [0.1, 0.15) is 20.3 Å². The zero-order valence-electron chi connectivity index (χ0n) is 11.3. The van der Waals surface area contributed by atoms with Crippen molar-refractivity contribution in [2.45, 2.75) is 26.3 Å². The first-order valence-corrected chi connectivity index (χ1v) is 6.21. The van der Waals surface area contributed by atoms with Crippen LogP contribution < -0.4 is 16.0 Å². The second kappa shape index (κ2) is 6.70. The zero-order chi connectivity index (χ0) is 13.6. The lowest BCUT2D eigenvalue weighted by Crippen LogP contribution is -2.58. The van der Waals surface area contributed by atoms with E-state index < -0.39 is 0 Å². The summed E-state index contributed by atoms with van der Waals surface area (Å²) >= 11 is 0. The second-order valence-corrected chi connectivity index (χ2v) is 5.36. The lowest BCUT2D eigenvalue weighted by atomic mass is 9.89. The predicted molar refractivity (Wildman–Crippen MR) is 68.1 cm³/mol. The summed E-state index contributed by atoms with van der Waals surface area (Å²) in [6.07, 6.45) is 0.888. The van der Waals surface area contributed by atoms with Gasteiger partial charge >= 0.3 is 0 Å². The van der Waals surface area contributed by atoms with Crippen molar-refractivity contribution in [1.29, 1.82) is 0 Å². The highest BCUT2D eigenvalue weighted by Crippen LogP contribution is 2.18. The summed E-state index contributed by atoms with van der Waals surface area (Å²) in [5.41, 5.74) is 0.00356. The Morgan fingerprint density at radius 3 is 2.83 bits per heavy atom. The van der Waals surface area contributed by atoms with Crippen molar-refractivity contribution in [2.24, 2.45) is 5.41 Å². The quantitative estimate of drug-likeness (QED) is 0.585. The van der Waals surface area contributed by atoms with Gasteiger partial charge in [-0.15, -0.1) is 0 Å². The third kappa shape index (κ3) is 5.01. The molecule has 0 spiro atoms. The van der Waals surface area contributed by atoms with E-state index in [9.17, 15) is 9.59 Å². The third-order valence-corrected chi connectivity index (χ3v) is 3.05. The van der Waals surface area contributed by atoms with Gasteiger partial charge in [0.15, 0.2) is 0 Å². The molecule has 2 amide bonds. The Kier molecular flexibility index (Phi) is 5.55. The average Bonchev–Trinajstić information content (AvgIpc) is 2.35. The lowest BCUT2D eigenvalue weighted by Gasteiger charge is -2.27. The lowest BCUT2D eigenvalue weighted by molar-refractivity contribution is -0.126. The van der Waals surface area contributed by atoms with E-state index in [1.165, 1.54) is 0 Å². The molecule has 1 saturated heterocycles. The Balaban J connectivity index is 2.29. The molecular weight excluding hydrogens is 234 g/mol. The maximum atomic E-state index is 11.9. The molecule has 1 heterocycles. The van der Waals surface area contributed by atoms with Crippen LogP contribution in [0.3, 0.4) is 0 Å². The highest BCUT2D eigenvalue weighted by atomic mass is 16.5. The molecule has 1 aliphatic heterocycles.